The summed E-state index contributed by atoms with van der Waals surface area (Å²) in [4.78, 5) is 16.5. The van der Waals surface area contributed by atoms with Gasteiger partial charge in [-0.2, -0.15) is 0 Å². The molecule has 3 unspecified atom stereocenters. The molecule has 3 aromatic rings. The van der Waals surface area contributed by atoms with Gasteiger partial charge in [-0.3, -0.25) is 5.32 Å². The van der Waals surface area contributed by atoms with Crippen LogP contribution in [0.4, 0.5) is 19.4 Å². The number of anilines is 1. The Morgan fingerprint density at radius 2 is 1.97 bits per heavy atom. The van der Waals surface area contributed by atoms with Gasteiger partial charge in [-0.1, -0.05) is 17.7 Å². The Balaban J connectivity index is 1.20. The van der Waals surface area contributed by atoms with E-state index in [1.165, 1.54) is 6.20 Å². The van der Waals surface area contributed by atoms with E-state index >= 15 is 0 Å². The first kappa shape index (κ1) is 19.6. The zero-order valence-electron chi connectivity index (χ0n) is 15.9. The van der Waals surface area contributed by atoms with E-state index in [4.69, 9.17) is 21.1 Å². The molecule has 1 aromatic heterocycles. The van der Waals surface area contributed by atoms with Gasteiger partial charge in [0, 0.05) is 28.5 Å². The van der Waals surface area contributed by atoms with Crippen LogP contribution >= 0.6 is 11.6 Å². The molecule has 1 aliphatic carbocycles. The van der Waals surface area contributed by atoms with E-state index in [1.807, 2.05) is 0 Å². The first-order valence-electron chi connectivity index (χ1n) is 9.57. The predicted molar refractivity (Wildman–Crippen MR) is 110 cm³/mol. The highest BCUT2D eigenvalue weighted by molar-refractivity contribution is 6.30. The van der Waals surface area contributed by atoms with Crippen LogP contribution in [0.15, 0.2) is 54.7 Å². The van der Waals surface area contributed by atoms with Crippen molar-refractivity contribution in [3.63, 3.8) is 0 Å². The Hall–Kier alpha value is -3.39. The number of ether oxygens (including phenoxy) is 2. The van der Waals surface area contributed by atoms with Crippen LogP contribution in [0, 0.1) is 17.6 Å². The molecular weight excluding hydrogens is 428 g/mol. The molecular formula is C22H16ClF2N3O3. The Labute approximate surface area is 181 Å². The summed E-state index contributed by atoms with van der Waals surface area (Å²) in [5.74, 6) is -0.260. The van der Waals surface area contributed by atoms with Gasteiger partial charge in [-0.05, 0) is 42.5 Å². The Morgan fingerprint density at radius 1 is 1.13 bits per heavy atom. The zero-order chi connectivity index (χ0) is 21.5. The average Bonchev–Trinajstić information content (AvgIpc) is 3.44. The van der Waals surface area contributed by atoms with Crippen LogP contribution in [0.25, 0.3) is 0 Å². The Morgan fingerprint density at radius 3 is 2.74 bits per heavy atom. The number of fused-ring (bicyclic) bond motifs is 3. The number of nitrogens with one attached hydrogen (secondary N) is 2. The molecule has 2 heterocycles. The number of carbonyl (C=O) groups excluding carboxylic acids is 1. The lowest BCUT2D eigenvalue weighted by atomic mass is 10.0. The van der Waals surface area contributed by atoms with Crippen molar-refractivity contribution < 1.29 is 23.0 Å². The fourth-order valence-electron chi connectivity index (χ4n) is 3.84. The van der Waals surface area contributed by atoms with Crippen molar-refractivity contribution in [1.29, 1.82) is 0 Å². The molecule has 0 saturated heterocycles. The Kier molecular flexibility index (Phi) is 4.86. The van der Waals surface area contributed by atoms with Crippen molar-refractivity contribution in [2.24, 2.45) is 5.92 Å². The van der Waals surface area contributed by atoms with Crippen LogP contribution in [0.3, 0.4) is 0 Å². The lowest BCUT2D eigenvalue weighted by Crippen LogP contribution is -2.32. The largest absolute Gasteiger partial charge is 0.490 e. The molecule has 1 fully saturated rings. The summed E-state index contributed by atoms with van der Waals surface area (Å²) >= 11 is 5.93. The van der Waals surface area contributed by atoms with Gasteiger partial charge in [-0.15, -0.1) is 0 Å². The van der Waals surface area contributed by atoms with Crippen molar-refractivity contribution in [1.82, 2.24) is 10.3 Å². The van der Waals surface area contributed by atoms with Crippen molar-refractivity contribution in [2.75, 3.05) is 11.9 Å². The molecule has 0 bridgehead atoms. The molecule has 1 saturated carbocycles. The molecule has 2 N–H and O–H groups in total. The van der Waals surface area contributed by atoms with Gasteiger partial charge in [0.05, 0.1) is 12.8 Å². The number of urea groups is 1. The number of benzene rings is 2. The lowest BCUT2D eigenvalue weighted by molar-refractivity contribution is 0.247. The number of nitrogens with zero attached hydrogens (tertiary/aromatic N) is 1. The second-order valence-corrected chi connectivity index (χ2v) is 7.77. The number of hydrogen-bond acceptors (Lipinski definition) is 4. The van der Waals surface area contributed by atoms with E-state index in [0.717, 1.165) is 12.1 Å². The number of carbonyl (C=O) groups is 1. The van der Waals surface area contributed by atoms with E-state index in [9.17, 15) is 13.6 Å². The van der Waals surface area contributed by atoms with Gasteiger partial charge in [0.25, 0.3) is 0 Å². The van der Waals surface area contributed by atoms with Gasteiger partial charge in [0.1, 0.15) is 23.1 Å². The van der Waals surface area contributed by atoms with Crippen LogP contribution in [0.5, 0.6) is 17.2 Å². The van der Waals surface area contributed by atoms with Crippen molar-refractivity contribution in [3.05, 3.63) is 76.9 Å². The van der Waals surface area contributed by atoms with Crippen molar-refractivity contribution >= 4 is 23.4 Å². The summed E-state index contributed by atoms with van der Waals surface area (Å²) in [7, 11) is 0. The van der Waals surface area contributed by atoms with E-state index < -0.39 is 17.7 Å². The molecule has 6 nitrogen and oxygen atoms in total. The third-order valence-corrected chi connectivity index (χ3v) is 5.56. The van der Waals surface area contributed by atoms with E-state index in [2.05, 4.69) is 15.6 Å². The second-order valence-electron chi connectivity index (χ2n) is 7.34. The predicted octanol–water partition coefficient (Wildman–Crippen LogP) is 5.10. The van der Waals surface area contributed by atoms with Gasteiger partial charge in [0.2, 0.25) is 0 Å². The third-order valence-electron chi connectivity index (χ3n) is 5.32. The highest BCUT2D eigenvalue weighted by Crippen LogP contribution is 2.55. The van der Waals surface area contributed by atoms with Crippen LogP contribution < -0.4 is 20.1 Å². The quantitative estimate of drug-likeness (QED) is 0.588. The van der Waals surface area contributed by atoms with Gasteiger partial charge < -0.3 is 14.8 Å². The molecule has 9 heteroatoms. The number of amides is 2. The molecule has 2 aromatic carbocycles. The average molecular weight is 444 g/mol. The highest BCUT2D eigenvalue weighted by atomic mass is 35.5. The first-order chi connectivity index (χ1) is 15.0. The standard InChI is InChI=1S/C22H16ClF2N3O3/c23-11-2-1-3-12(8-11)31-13-4-7-17(26-9-13)27-22(29)28-20-14-10-30-21-16(25)6-5-15(24)19(21)18(14)20/h1-9,14,18,20H,10H2,(H2,26,27,28,29). The molecule has 0 radical (unpaired) electrons. The van der Waals surface area contributed by atoms with Crippen LogP contribution in [-0.2, 0) is 0 Å². The van der Waals surface area contributed by atoms with E-state index in [-0.39, 0.29) is 35.8 Å². The maximum atomic E-state index is 14.2. The molecule has 5 rings (SSSR count). The van der Waals surface area contributed by atoms with Crippen LogP contribution in [0.2, 0.25) is 5.02 Å². The minimum atomic E-state index is -0.603. The van der Waals surface area contributed by atoms with Gasteiger partial charge in [0.15, 0.2) is 11.6 Å². The van der Waals surface area contributed by atoms with E-state index in [1.54, 1.807) is 36.4 Å². The fraction of sp³-hybridized carbons (Fsp3) is 0.182. The van der Waals surface area contributed by atoms with E-state index in [0.29, 0.717) is 22.3 Å². The topological polar surface area (TPSA) is 72.5 Å². The molecule has 0 spiro atoms. The highest BCUT2D eigenvalue weighted by Gasteiger charge is 2.57. The monoisotopic (exact) mass is 443 g/mol. The normalized spacial score (nSPS) is 20.7. The first-order valence-corrected chi connectivity index (χ1v) is 9.95. The van der Waals surface area contributed by atoms with Crippen LogP contribution in [-0.4, -0.2) is 23.7 Å². The summed E-state index contributed by atoms with van der Waals surface area (Å²) in [6.45, 7) is 0.219. The minimum Gasteiger partial charge on any atom is -0.490 e. The smallest absolute Gasteiger partial charge is 0.320 e. The Bertz CT molecular complexity index is 1160. The van der Waals surface area contributed by atoms with Gasteiger partial charge >= 0.3 is 6.03 Å². The maximum absolute atomic E-state index is 14.2. The molecule has 3 atom stereocenters. The SMILES string of the molecule is O=C(Nc1ccc(Oc2cccc(Cl)c2)cn1)NC1C2COc3c(F)ccc(F)c3C21. The van der Waals surface area contributed by atoms with Crippen molar-refractivity contribution in [3.8, 4) is 17.2 Å². The van der Waals surface area contributed by atoms with Crippen LogP contribution in [0.1, 0.15) is 11.5 Å². The maximum Gasteiger partial charge on any atom is 0.320 e. The summed E-state index contributed by atoms with van der Waals surface area (Å²) in [6.07, 6.45) is 1.47. The zero-order valence-corrected chi connectivity index (χ0v) is 16.7. The molecule has 2 amide bonds. The number of rotatable bonds is 4. The number of hydrogen-bond donors (Lipinski definition) is 2. The van der Waals surface area contributed by atoms with Crippen molar-refractivity contribution in [2.45, 2.75) is 12.0 Å². The third kappa shape index (κ3) is 3.86. The lowest BCUT2D eigenvalue weighted by Gasteiger charge is -2.16. The second kappa shape index (κ2) is 7.70. The summed E-state index contributed by atoms with van der Waals surface area (Å²) in [5, 5.41) is 5.97. The number of aromatic nitrogens is 1. The number of halogens is 3. The molecule has 158 valence electrons. The minimum absolute atomic E-state index is 0.0667. The summed E-state index contributed by atoms with van der Waals surface area (Å²) in [6, 6.07) is 11.5. The molecule has 31 heavy (non-hydrogen) atoms. The fourth-order valence-corrected chi connectivity index (χ4v) is 4.02. The summed E-state index contributed by atoms with van der Waals surface area (Å²) in [5.41, 5.74) is 0.183. The van der Waals surface area contributed by atoms with Gasteiger partial charge in [-0.25, -0.2) is 18.6 Å². The molecule has 2 aliphatic rings. The molecule has 1 aliphatic heterocycles. The summed E-state index contributed by atoms with van der Waals surface area (Å²) < 4.78 is 39.1. The number of pyridine rings is 1.